The van der Waals surface area contributed by atoms with Crippen LogP contribution < -0.4 is 4.90 Å². The Morgan fingerprint density at radius 1 is 1.27 bits per heavy atom. The highest BCUT2D eigenvalue weighted by molar-refractivity contribution is 7.15. The van der Waals surface area contributed by atoms with Crippen molar-refractivity contribution in [3.8, 4) is 11.8 Å². The Morgan fingerprint density at radius 3 is 2.50 bits per heavy atom. The lowest BCUT2D eigenvalue weighted by Gasteiger charge is -2.29. The van der Waals surface area contributed by atoms with Gasteiger partial charge >= 0.3 is 5.97 Å². The number of hydrogen-bond acceptors (Lipinski definition) is 4. The van der Waals surface area contributed by atoms with Crippen molar-refractivity contribution in [1.29, 1.82) is 0 Å². The summed E-state index contributed by atoms with van der Waals surface area (Å²) in [5, 5.41) is 0. The minimum atomic E-state index is -0.410. The van der Waals surface area contributed by atoms with E-state index in [4.69, 9.17) is 4.74 Å². The zero-order valence-corrected chi connectivity index (χ0v) is 16.9. The molecule has 0 unspecified atom stereocenters. The lowest BCUT2D eigenvalue weighted by atomic mass is 9.82. The molecule has 1 aromatic heterocycles. The van der Waals surface area contributed by atoms with Crippen LogP contribution in [0.25, 0.3) is 0 Å². The molecule has 0 saturated heterocycles. The number of ether oxygens (including phenoxy) is 1. The minimum Gasteiger partial charge on any atom is -0.465 e. The lowest BCUT2D eigenvalue weighted by molar-refractivity contribution is -0.123. The van der Waals surface area contributed by atoms with Gasteiger partial charge in [-0.25, -0.2) is 4.79 Å². The molecular formula is C21H27NO3S. The van der Waals surface area contributed by atoms with Crippen LogP contribution in [0.2, 0.25) is 0 Å². The number of carbonyl (C=O) groups is 2. The Hall–Kier alpha value is -1.80. The third-order valence-electron chi connectivity index (χ3n) is 5.63. The monoisotopic (exact) mass is 373 g/mol. The molecule has 0 N–H and O–H groups in total. The summed E-state index contributed by atoms with van der Waals surface area (Å²) in [6, 6.07) is 1.86. The molecule has 1 amide bonds. The molecule has 140 valence electrons. The quantitative estimate of drug-likeness (QED) is 0.580. The lowest BCUT2D eigenvalue weighted by Crippen LogP contribution is -2.35. The molecule has 0 bridgehead atoms. The topological polar surface area (TPSA) is 46.6 Å². The van der Waals surface area contributed by atoms with E-state index >= 15 is 0 Å². The van der Waals surface area contributed by atoms with E-state index in [-0.39, 0.29) is 17.2 Å². The van der Waals surface area contributed by atoms with Crippen LogP contribution in [0.3, 0.4) is 0 Å². The maximum atomic E-state index is 12.9. The van der Waals surface area contributed by atoms with Crippen LogP contribution >= 0.6 is 11.3 Å². The van der Waals surface area contributed by atoms with E-state index in [1.165, 1.54) is 18.4 Å². The Balaban J connectivity index is 1.84. The summed E-state index contributed by atoms with van der Waals surface area (Å²) in [5.41, 5.74) is 0.742. The number of methoxy groups -OCH3 is 1. The van der Waals surface area contributed by atoms with Crippen LogP contribution in [-0.4, -0.2) is 26.0 Å². The summed E-state index contributed by atoms with van der Waals surface area (Å²) in [7, 11) is 3.13. The van der Waals surface area contributed by atoms with Gasteiger partial charge in [0.1, 0.15) is 4.88 Å². The van der Waals surface area contributed by atoms with Gasteiger partial charge in [-0.05, 0) is 57.4 Å². The summed E-state index contributed by atoms with van der Waals surface area (Å²) >= 11 is 1.31. The summed E-state index contributed by atoms with van der Waals surface area (Å²) in [5.74, 6) is 6.90. The molecule has 1 heterocycles. The van der Waals surface area contributed by atoms with Crippen molar-refractivity contribution >= 4 is 28.9 Å². The SMILES string of the molecule is COC(=O)c1sc(C#CC2(C)CC2)cc1N(C)C(=O)C1CCC(C)CC1. The van der Waals surface area contributed by atoms with Gasteiger partial charge in [0.25, 0.3) is 0 Å². The largest absolute Gasteiger partial charge is 0.465 e. The van der Waals surface area contributed by atoms with Crippen molar-refractivity contribution in [3.05, 3.63) is 15.8 Å². The molecule has 0 aromatic carbocycles. The normalized spacial score (nSPS) is 23.5. The third kappa shape index (κ3) is 4.12. The van der Waals surface area contributed by atoms with Gasteiger partial charge in [0, 0.05) is 18.4 Å². The number of hydrogen-bond donors (Lipinski definition) is 0. The van der Waals surface area contributed by atoms with Crippen molar-refractivity contribution < 1.29 is 14.3 Å². The van der Waals surface area contributed by atoms with Gasteiger partial charge in [0.2, 0.25) is 5.91 Å². The summed E-state index contributed by atoms with van der Waals surface area (Å²) in [6.45, 7) is 4.39. The van der Waals surface area contributed by atoms with E-state index in [1.54, 1.807) is 11.9 Å². The summed E-state index contributed by atoms with van der Waals surface area (Å²) < 4.78 is 4.92. The van der Waals surface area contributed by atoms with Crippen LogP contribution in [0.5, 0.6) is 0 Å². The van der Waals surface area contributed by atoms with Crippen molar-refractivity contribution in [3.63, 3.8) is 0 Å². The van der Waals surface area contributed by atoms with Crippen LogP contribution in [-0.2, 0) is 9.53 Å². The molecule has 1 aromatic rings. The average Bonchev–Trinajstić information content (AvgIpc) is 3.22. The van der Waals surface area contributed by atoms with Crippen LogP contribution in [0.4, 0.5) is 5.69 Å². The summed E-state index contributed by atoms with van der Waals surface area (Å²) in [6.07, 6.45) is 6.28. The van der Waals surface area contributed by atoms with Gasteiger partial charge in [0.05, 0.1) is 17.7 Å². The number of anilines is 1. The molecule has 5 heteroatoms. The van der Waals surface area contributed by atoms with Crippen LogP contribution in [0.15, 0.2) is 6.07 Å². The van der Waals surface area contributed by atoms with Gasteiger partial charge in [-0.1, -0.05) is 18.8 Å². The first-order chi connectivity index (χ1) is 12.3. The molecule has 26 heavy (non-hydrogen) atoms. The number of nitrogens with zero attached hydrogens (tertiary/aromatic N) is 1. The van der Waals surface area contributed by atoms with E-state index < -0.39 is 5.97 Å². The maximum absolute atomic E-state index is 12.9. The predicted octanol–water partition coefficient (Wildman–Crippen LogP) is 4.48. The minimum absolute atomic E-state index is 0.0431. The molecule has 4 nitrogen and oxygen atoms in total. The Bertz CT molecular complexity index is 758. The third-order valence-corrected chi connectivity index (χ3v) is 6.65. The molecule has 0 spiro atoms. The summed E-state index contributed by atoms with van der Waals surface area (Å²) in [4.78, 5) is 28.1. The molecule has 2 fully saturated rings. The highest BCUT2D eigenvalue weighted by Crippen LogP contribution is 2.44. The molecule has 0 atom stereocenters. The van der Waals surface area contributed by atoms with E-state index in [0.29, 0.717) is 16.5 Å². The predicted molar refractivity (Wildman–Crippen MR) is 104 cm³/mol. The first kappa shape index (κ1) is 19.0. The van der Waals surface area contributed by atoms with Crippen molar-refractivity contribution in [2.45, 2.75) is 52.4 Å². The standard InChI is InChI=1S/C21H27NO3S/c1-14-5-7-15(8-6-14)19(23)22(3)17-13-16(9-10-21(2)11-12-21)26-18(17)20(24)25-4/h13-15H,5-8,11-12H2,1-4H3. The second kappa shape index (κ2) is 7.44. The number of thiophene rings is 1. The first-order valence-corrected chi connectivity index (χ1v) is 10.2. The van der Waals surface area contributed by atoms with Gasteiger partial charge in [-0.2, -0.15) is 0 Å². The highest BCUT2D eigenvalue weighted by Gasteiger charge is 2.35. The van der Waals surface area contributed by atoms with Crippen LogP contribution in [0, 0.1) is 29.1 Å². The van der Waals surface area contributed by atoms with Crippen LogP contribution in [0.1, 0.15) is 66.9 Å². The average molecular weight is 374 g/mol. The molecule has 2 aliphatic rings. The Kier molecular flexibility index (Phi) is 5.43. The van der Waals surface area contributed by atoms with E-state index in [1.807, 2.05) is 6.07 Å². The van der Waals surface area contributed by atoms with E-state index in [2.05, 4.69) is 25.7 Å². The molecule has 2 aliphatic carbocycles. The fraction of sp³-hybridized carbons (Fsp3) is 0.619. The molecule has 0 radical (unpaired) electrons. The number of rotatable bonds is 3. The van der Waals surface area contributed by atoms with Crippen molar-refractivity contribution in [1.82, 2.24) is 0 Å². The van der Waals surface area contributed by atoms with E-state index in [0.717, 1.165) is 43.4 Å². The molecule has 0 aliphatic heterocycles. The Labute approximate surface area is 159 Å². The van der Waals surface area contributed by atoms with Crippen molar-refractivity contribution in [2.75, 3.05) is 19.1 Å². The van der Waals surface area contributed by atoms with Gasteiger partial charge in [0.15, 0.2) is 0 Å². The van der Waals surface area contributed by atoms with Crippen molar-refractivity contribution in [2.24, 2.45) is 17.3 Å². The Morgan fingerprint density at radius 2 is 1.92 bits per heavy atom. The molecule has 2 saturated carbocycles. The number of carbonyl (C=O) groups excluding carboxylic acids is 2. The fourth-order valence-corrected chi connectivity index (χ4v) is 4.32. The molecule has 3 rings (SSSR count). The fourth-order valence-electron chi connectivity index (χ4n) is 3.36. The second-order valence-electron chi connectivity index (χ2n) is 7.98. The molecular weight excluding hydrogens is 346 g/mol. The number of amides is 1. The van der Waals surface area contributed by atoms with Gasteiger partial charge < -0.3 is 9.64 Å². The second-order valence-corrected chi connectivity index (χ2v) is 9.03. The zero-order valence-electron chi connectivity index (χ0n) is 16.1. The smallest absolute Gasteiger partial charge is 0.350 e. The maximum Gasteiger partial charge on any atom is 0.350 e. The highest BCUT2D eigenvalue weighted by atomic mass is 32.1. The van der Waals surface area contributed by atoms with E-state index in [9.17, 15) is 9.59 Å². The van der Waals surface area contributed by atoms with Gasteiger partial charge in [-0.3, -0.25) is 4.79 Å². The van der Waals surface area contributed by atoms with Gasteiger partial charge in [-0.15, -0.1) is 11.3 Å². The first-order valence-electron chi connectivity index (χ1n) is 9.36. The zero-order chi connectivity index (χ0) is 18.9. The number of esters is 1.